The molecule has 0 radical (unpaired) electrons. The fourth-order valence-electron chi connectivity index (χ4n) is 12.9. The second kappa shape index (κ2) is 11.1. The van der Waals surface area contributed by atoms with E-state index in [0.717, 1.165) is 44.1 Å². The van der Waals surface area contributed by atoms with Crippen LogP contribution in [0.2, 0.25) is 0 Å². The molecule has 4 unspecified atom stereocenters. The molecule has 250 valence electrons. The Morgan fingerprint density at radius 1 is 0.870 bits per heavy atom. The summed E-state index contributed by atoms with van der Waals surface area (Å²) in [6, 6.07) is 7.45. The van der Waals surface area contributed by atoms with E-state index in [1.807, 2.05) is 12.1 Å². The zero-order valence-electron chi connectivity index (χ0n) is 28.9. The number of carbonyl (C=O) groups excluding carboxylic acids is 1. The molecule has 46 heavy (non-hydrogen) atoms. The van der Waals surface area contributed by atoms with Crippen LogP contribution in [0.5, 0.6) is 0 Å². The molecule has 1 amide bonds. The van der Waals surface area contributed by atoms with Crippen molar-refractivity contribution in [1.82, 2.24) is 5.32 Å². The second-order valence-corrected chi connectivity index (χ2v) is 17.2. The third-order valence-corrected chi connectivity index (χ3v) is 15.2. The maximum atomic E-state index is 14.0. The number of rotatable bonds is 7. The molecule has 5 aliphatic rings. The van der Waals surface area contributed by atoms with Gasteiger partial charge in [-0.1, -0.05) is 65.0 Å². The zero-order chi connectivity index (χ0) is 33.4. The molecule has 1 aromatic carbocycles. The van der Waals surface area contributed by atoms with E-state index in [-0.39, 0.29) is 46.5 Å². The van der Waals surface area contributed by atoms with Crippen LogP contribution in [0.25, 0.3) is 5.57 Å². The van der Waals surface area contributed by atoms with E-state index < -0.39 is 17.4 Å². The molecule has 6 nitrogen and oxygen atoms in total. The molecule has 0 aliphatic heterocycles. The Balaban J connectivity index is 1.33. The van der Waals surface area contributed by atoms with Gasteiger partial charge >= 0.3 is 11.9 Å². The van der Waals surface area contributed by atoms with E-state index in [1.54, 1.807) is 12.1 Å². The van der Waals surface area contributed by atoms with Crippen molar-refractivity contribution in [3.63, 3.8) is 0 Å². The summed E-state index contributed by atoms with van der Waals surface area (Å²) in [5.74, 6) is 0.424. The van der Waals surface area contributed by atoms with E-state index in [2.05, 4.69) is 59.5 Å². The highest BCUT2D eigenvalue weighted by atomic mass is 16.4. The summed E-state index contributed by atoms with van der Waals surface area (Å²) in [7, 11) is 0. The smallest absolute Gasteiger partial charge is 0.335 e. The summed E-state index contributed by atoms with van der Waals surface area (Å²) in [5, 5.41) is 21.7. The molecule has 6 heteroatoms. The van der Waals surface area contributed by atoms with Crippen molar-refractivity contribution < 1.29 is 24.6 Å². The van der Waals surface area contributed by atoms with E-state index in [0.29, 0.717) is 29.2 Å². The summed E-state index contributed by atoms with van der Waals surface area (Å²) in [5.41, 5.74) is 3.95. The SMILES string of the molecule is C=C(C)[C@@H]1CC[C@]2(C(=O)NCCC(=O)O)CC[C@]3(C)C(CCC4[C@@]5(C)CC=C(c6ccc(C(=O)O)cc6)C(C)(C)C5CC[C@]43C)C12. The average molecular weight is 630 g/mol. The Morgan fingerprint density at radius 2 is 1.57 bits per heavy atom. The molecule has 5 aliphatic carbocycles. The lowest BCUT2D eigenvalue weighted by molar-refractivity contribution is -0.225. The third kappa shape index (κ3) is 4.58. The van der Waals surface area contributed by atoms with Crippen molar-refractivity contribution in [2.45, 2.75) is 106 Å². The van der Waals surface area contributed by atoms with Gasteiger partial charge in [-0.3, -0.25) is 9.59 Å². The van der Waals surface area contributed by atoms with Gasteiger partial charge < -0.3 is 15.5 Å². The number of aromatic carboxylic acids is 1. The van der Waals surface area contributed by atoms with Gasteiger partial charge in [0.25, 0.3) is 0 Å². The fourth-order valence-corrected chi connectivity index (χ4v) is 12.9. The predicted octanol–water partition coefficient (Wildman–Crippen LogP) is 8.63. The van der Waals surface area contributed by atoms with Crippen LogP contribution in [-0.2, 0) is 9.59 Å². The van der Waals surface area contributed by atoms with Gasteiger partial charge in [-0.25, -0.2) is 4.79 Å². The van der Waals surface area contributed by atoms with Crippen LogP contribution in [-0.4, -0.2) is 34.6 Å². The first-order valence-electron chi connectivity index (χ1n) is 17.7. The zero-order valence-corrected chi connectivity index (χ0v) is 28.9. The number of allylic oxidation sites excluding steroid dienone is 3. The Labute approximate surface area is 275 Å². The predicted molar refractivity (Wildman–Crippen MR) is 181 cm³/mol. The van der Waals surface area contributed by atoms with Crippen LogP contribution in [0, 0.1) is 56.7 Å². The fraction of sp³-hybridized carbons (Fsp3) is 0.675. The van der Waals surface area contributed by atoms with Gasteiger partial charge in [-0.2, -0.15) is 0 Å². The molecule has 0 saturated heterocycles. The summed E-state index contributed by atoms with van der Waals surface area (Å²) in [6.07, 6.45) is 11.9. The molecule has 4 fully saturated rings. The molecular formula is C40H55NO5. The van der Waals surface area contributed by atoms with Gasteiger partial charge in [0.15, 0.2) is 0 Å². The Bertz CT molecular complexity index is 1470. The van der Waals surface area contributed by atoms with Crippen LogP contribution < -0.4 is 5.32 Å². The molecule has 1 aromatic rings. The highest BCUT2D eigenvalue weighted by Gasteiger charge is 2.71. The van der Waals surface area contributed by atoms with Crippen LogP contribution in [0.3, 0.4) is 0 Å². The van der Waals surface area contributed by atoms with Crippen molar-refractivity contribution in [2.24, 2.45) is 56.7 Å². The molecular weight excluding hydrogens is 574 g/mol. The second-order valence-electron chi connectivity index (χ2n) is 17.2. The number of fused-ring (bicyclic) bond motifs is 7. The first kappa shape index (κ1) is 33.0. The van der Waals surface area contributed by atoms with Gasteiger partial charge in [0.1, 0.15) is 0 Å². The number of hydrogen-bond acceptors (Lipinski definition) is 3. The van der Waals surface area contributed by atoms with Crippen LogP contribution in [0.15, 0.2) is 42.5 Å². The van der Waals surface area contributed by atoms with Crippen LogP contribution in [0.4, 0.5) is 0 Å². The van der Waals surface area contributed by atoms with E-state index >= 15 is 0 Å². The number of nitrogens with one attached hydrogen (secondary N) is 1. The van der Waals surface area contributed by atoms with Gasteiger partial charge in [-0.05, 0) is 139 Å². The number of carbonyl (C=O) groups is 3. The monoisotopic (exact) mass is 629 g/mol. The largest absolute Gasteiger partial charge is 0.481 e. The Morgan fingerprint density at radius 3 is 2.20 bits per heavy atom. The standard InChI is InChI=1S/C40H55NO5/c1-24(2)27-14-20-40(35(46)41-23-17-32(42)43)22-21-38(6)29(33(27)40)12-13-31-37(5)18-15-28(25-8-10-26(11-9-25)34(44)45)36(3,4)30(37)16-19-39(31,38)7/h8-11,15,27,29-31,33H,1,12-14,16-23H2,2-7H3,(H,41,46)(H,42,43)(H,44,45)/t27-,29?,30?,31?,33?,37-,38+,39+,40-/m0/s1. The molecule has 3 N–H and O–H groups in total. The lowest BCUT2D eigenvalue weighted by Crippen LogP contribution is -2.66. The summed E-state index contributed by atoms with van der Waals surface area (Å²) in [4.78, 5) is 36.8. The number of amides is 1. The van der Waals surface area contributed by atoms with Crippen molar-refractivity contribution in [3.8, 4) is 0 Å². The topological polar surface area (TPSA) is 104 Å². The van der Waals surface area contributed by atoms with E-state index in [4.69, 9.17) is 0 Å². The molecule has 0 heterocycles. The lowest BCUT2D eigenvalue weighted by Gasteiger charge is -2.72. The first-order chi connectivity index (χ1) is 21.5. The van der Waals surface area contributed by atoms with Crippen molar-refractivity contribution >= 4 is 23.4 Å². The molecule has 0 aromatic heterocycles. The minimum Gasteiger partial charge on any atom is -0.481 e. The number of carboxylic acids is 2. The minimum atomic E-state index is -0.891. The van der Waals surface area contributed by atoms with Gasteiger partial charge in [0.05, 0.1) is 17.4 Å². The van der Waals surface area contributed by atoms with Crippen LogP contribution in [0.1, 0.15) is 122 Å². The van der Waals surface area contributed by atoms with Crippen molar-refractivity contribution in [3.05, 3.63) is 53.6 Å². The quantitative estimate of drug-likeness (QED) is 0.262. The summed E-state index contributed by atoms with van der Waals surface area (Å²) < 4.78 is 0. The van der Waals surface area contributed by atoms with Crippen LogP contribution >= 0.6 is 0 Å². The van der Waals surface area contributed by atoms with Gasteiger partial charge in [0.2, 0.25) is 5.91 Å². The number of aliphatic carboxylic acids is 1. The minimum absolute atomic E-state index is 0.0386. The number of carboxylic acid groups (broad SMARTS) is 2. The van der Waals surface area contributed by atoms with E-state index in [9.17, 15) is 24.6 Å². The van der Waals surface area contributed by atoms with Gasteiger partial charge in [-0.15, -0.1) is 0 Å². The van der Waals surface area contributed by atoms with Crippen molar-refractivity contribution in [1.29, 1.82) is 0 Å². The average Bonchev–Trinajstić information content (AvgIpc) is 3.38. The highest BCUT2D eigenvalue weighted by molar-refractivity contribution is 5.88. The van der Waals surface area contributed by atoms with E-state index in [1.165, 1.54) is 30.4 Å². The molecule has 4 saturated carbocycles. The summed E-state index contributed by atoms with van der Waals surface area (Å²) in [6.45, 7) is 19.4. The highest BCUT2D eigenvalue weighted by Crippen LogP contribution is 2.77. The Hall–Kier alpha value is -2.89. The maximum Gasteiger partial charge on any atom is 0.335 e. The maximum absolute atomic E-state index is 14.0. The van der Waals surface area contributed by atoms with Crippen molar-refractivity contribution in [2.75, 3.05) is 6.54 Å². The Kier molecular flexibility index (Phi) is 7.96. The molecule has 0 bridgehead atoms. The third-order valence-electron chi connectivity index (χ3n) is 15.2. The number of benzene rings is 1. The van der Waals surface area contributed by atoms with Gasteiger partial charge in [0, 0.05) is 6.54 Å². The lowest BCUT2D eigenvalue weighted by atomic mass is 9.32. The first-order valence-corrected chi connectivity index (χ1v) is 17.7. The molecule has 6 rings (SSSR count). The normalized spacial score (nSPS) is 40.7. The molecule has 9 atom stereocenters. The summed E-state index contributed by atoms with van der Waals surface area (Å²) >= 11 is 0. The molecule has 0 spiro atoms. The number of hydrogen-bond donors (Lipinski definition) is 3.